The Bertz CT molecular complexity index is 736. The summed E-state index contributed by atoms with van der Waals surface area (Å²) < 4.78 is 37.7. The highest BCUT2D eigenvalue weighted by Gasteiger charge is 2.28. The van der Waals surface area contributed by atoms with Gasteiger partial charge >= 0.3 is 0 Å². The Hall–Kier alpha value is -2.63. The van der Waals surface area contributed by atoms with E-state index in [0.717, 1.165) is 12.1 Å². The van der Waals surface area contributed by atoms with Gasteiger partial charge in [0.2, 0.25) is 6.10 Å². The minimum Gasteiger partial charge on any atom is -0.485 e. The highest BCUT2D eigenvalue weighted by molar-refractivity contribution is 5.82. The Labute approximate surface area is 132 Å². The van der Waals surface area contributed by atoms with E-state index in [9.17, 15) is 13.6 Å². The van der Waals surface area contributed by atoms with Gasteiger partial charge in [0, 0.05) is 11.6 Å². The van der Waals surface area contributed by atoms with Crippen molar-refractivity contribution < 1.29 is 23.0 Å². The Morgan fingerprint density at radius 1 is 1.22 bits per heavy atom. The fourth-order valence-corrected chi connectivity index (χ4v) is 2.39. The number of ether oxygens (including phenoxy) is 2. The maximum absolute atomic E-state index is 13.7. The number of carbonyl (C=O) groups is 1. The number of rotatable bonds is 3. The Morgan fingerprint density at radius 2 is 1.96 bits per heavy atom. The first-order valence-corrected chi connectivity index (χ1v) is 7.18. The highest BCUT2D eigenvalue weighted by Crippen LogP contribution is 2.31. The number of benzene rings is 2. The third-order valence-electron chi connectivity index (χ3n) is 3.59. The lowest BCUT2D eigenvalue weighted by atomic mass is 10.1. The van der Waals surface area contributed by atoms with Crippen LogP contribution < -0.4 is 14.8 Å². The van der Waals surface area contributed by atoms with Crippen LogP contribution in [0.5, 0.6) is 11.5 Å². The van der Waals surface area contributed by atoms with Gasteiger partial charge in [0.05, 0.1) is 6.04 Å². The fraction of sp³-hybridized carbons (Fsp3) is 0.235. The van der Waals surface area contributed by atoms with E-state index in [1.165, 1.54) is 6.07 Å². The van der Waals surface area contributed by atoms with Gasteiger partial charge in [-0.05, 0) is 25.1 Å². The van der Waals surface area contributed by atoms with Crippen LogP contribution >= 0.6 is 0 Å². The normalized spacial score (nSPS) is 17.4. The van der Waals surface area contributed by atoms with Crippen molar-refractivity contribution in [2.75, 3.05) is 6.61 Å². The van der Waals surface area contributed by atoms with Crippen LogP contribution in [0.2, 0.25) is 0 Å². The van der Waals surface area contributed by atoms with E-state index in [1.807, 2.05) is 6.07 Å². The van der Waals surface area contributed by atoms with Crippen LogP contribution in [0.3, 0.4) is 0 Å². The third kappa shape index (κ3) is 3.26. The number of amides is 1. The number of carbonyl (C=O) groups excluding carboxylic acids is 1. The molecule has 4 nitrogen and oxygen atoms in total. The van der Waals surface area contributed by atoms with Crippen LogP contribution in [0.1, 0.15) is 18.5 Å². The van der Waals surface area contributed by atoms with Crippen LogP contribution in [-0.4, -0.2) is 18.6 Å². The molecular formula is C17H15F2NO3. The number of nitrogens with one attached hydrogen (secondary N) is 1. The topological polar surface area (TPSA) is 47.6 Å². The molecule has 1 aliphatic rings. The molecule has 0 bridgehead atoms. The minimum atomic E-state index is -0.823. The van der Waals surface area contributed by atoms with Gasteiger partial charge in [-0.15, -0.1) is 0 Å². The summed E-state index contributed by atoms with van der Waals surface area (Å²) in [7, 11) is 0. The minimum absolute atomic E-state index is 0.0709. The number of hydrogen-bond acceptors (Lipinski definition) is 3. The predicted octanol–water partition coefficient (Wildman–Crippen LogP) is 2.98. The number of hydrogen-bond donors (Lipinski definition) is 1. The molecule has 1 N–H and O–H groups in total. The zero-order valence-electron chi connectivity index (χ0n) is 12.4. The SMILES string of the molecule is C[C@@H](NC(=O)[C@H]1COc2ccccc2O1)c1ccc(F)cc1F. The van der Waals surface area contributed by atoms with Gasteiger partial charge in [-0.3, -0.25) is 4.79 Å². The maximum atomic E-state index is 13.7. The molecule has 2 aromatic carbocycles. The lowest BCUT2D eigenvalue weighted by molar-refractivity contribution is -0.131. The van der Waals surface area contributed by atoms with Crippen molar-refractivity contribution in [2.45, 2.75) is 19.1 Å². The molecule has 0 spiro atoms. The highest BCUT2D eigenvalue weighted by atomic mass is 19.1. The molecule has 2 atom stereocenters. The van der Waals surface area contributed by atoms with Crippen molar-refractivity contribution in [2.24, 2.45) is 0 Å². The summed E-state index contributed by atoms with van der Waals surface area (Å²) in [6, 6.07) is 9.66. The van der Waals surface area contributed by atoms with Gasteiger partial charge in [0.1, 0.15) is 18.2 Å². The summed E-state index contributed by atoms with van der Waals surface area (Å²) in [6.45, 7) is 1.69. The van der Waals surface area contributed by atoms with Crippen molar-refractivity contribution >= 4 is 5.91 Å². The molecule has 120 valence electrons. The van der Waals surface area contributed by atoms with E-state index < -0.39 is 29.7 Å². The maximum Gasteiger partial charge on any atom is 0.265 e. The van der Waals surface area contributed by atoms with E-state index in [0.29, 0.717) is 11.5 Å². The summed E-state index contributed by atoms with van der Waals surface area (Å²) in [5.41, 5.74) is 0.205. The first-order chi connectivity index (χ1) is 11.0. The van der Waals surface area contributed by atoms with Gasteiger partial charge < -0.3 is 14.8 Å². The van der Waals surface area contributed by atoms with E-state index in [4.69, 9.17) is 9.47 Å². The quantitative estimate of drug-likeness (QED) is 0.946. The Balaban J connectivity index is 1.68. The standard InChI is InChI=1S/C17H15F2NO3/c1-10(12-7-6-11(18)8-13(12)19)20-17(21)16-9-22-14-4-2-3-5-15(14)23-16/h2-8,10,16H,9H2,1H3,(H,20,21)/t10-,16-/m1/s1. The molecular weight excluding hydrogens is 304 g/mol. The Kier molecular flexibility index (Phi) is 4.14. The molecule has 1 heterocycles. The Morgan fingerprint density at radius 3 is 2.70 bits per heavy atom. The van der Waals surface area contributed by atoms with Crippen molar-refractivity contribution in [3.05, 3.63) is 59.7 Å². The van der Waals surface area contributed by atoms with Gasteiger partial charge in [0.25, 0.3) is 5.91 Å². The average Bonchev–Trinajstić information content (AvgIpc) is 2.54. The summed E-state index contributed by atoms with van der Waals surface area (Å²) in [5.74, 6) is -0.723. The first-order valence-electron chi connectivity index (χ1n) is 7.18. The second-order valence-electron chi connectivity index (χ2n) is 5.26. The lowest BCUT2D eigenvalue weighted by Crippen LogP contribution is -2.44. The van der Waals surface area contributed by atoms with E-state index in [-0.39, 0.29) is 12.2 Å². The molecule has 0 aliphatic carbocycles. The molecule has 0 unspecified atom stereocenters. The van der Waals surface area contributed by atoms with Crippen molar-refractivity contribution in [3.8, 4) is 11.5 Å². The van der Waals surface area contributed by atoms with Crippen molar-refractivity contribution in [3.63, 3.8) is 0 Å². The van der Waals surface area contributed by atoms with Crippen molar-refractivity contribution in [1.29, 1.82) is 0 Å². The van der Waals surface area contributed by atoms with Crippen LogP contribution in [-0.2, 0) is 4.79 Å². The monoisotopic (exact) mass is 319 g/mol. The average molecular weight is 319 g/mol. The van der Waals surface area contributed by atoms with Crippen LogP contribution in [0.4, 0.5) is 8.78 Å². The molecule has 0 saturated heterocycles. The molecule has 3 rings (SSSR count). The molecule has 1 amide bonds. The summed E-state index contributed by atoms with van der Waals surface area (Å²) >= 11 is 0. The van der Waals surface area contributed by atoms with Crippen LogP contribution in [0.15, 0.2) is 42.5 Å². The smallest absolute Gasteiger partial charge is 0.265 e. The van der Waals surface area contributed by atoms with Crippen molar-refractivity contribution in [1.82, 2.24) is 5.32 Å². The molecule has 23 heavy (non-hydrogen) atoms. The molecule has 2 aromatic rings. The summed E-state index contributed by atoms with van der Waals surface area (Å²) in [5, 5.41) is 2.65. The molecule has 6 heteroatoms. The van der Waals surface area contributed by atoms with Gasteiger partial charge in [0.15, 0.2) is 11.5 Å². The number of fused-ring (bicyclic) bond motifs is 1. The first kappa shape index (κ1) is 15.3. The molecule has 0 fully saturated rings. The van der Waals surface area contributed by atoms with Gasteiger partial charge in [-0.1, -0.05) is 18.2 Å². The summed E-state index contributed by atoms with van der Waals surface area (Å²) in [4.78, 5) is 12.3. The van der Waals surface area contributed by atoms with E-state index in [2.05, 4.69) is 5.32 Å². The molecule has 0 saturated carbocycles. The fourth-order valence-electron chi connectivity index (χ4n) is 2.39. The van der Waals surface area contributed by atoms with Crippen LogP contribution in [0.25, 0.3) is 0 Å². The number of halogens is 2. The molecule has 0 radical (unpaired) electrons. The molecule has 1 aliphatic heterocycles. The zero-order chi connectivity index (χ0) is 16.4. The largest absolute Gasteiger partial charge is 0.485 e. The lowest BCUT2D eigenvalue weighted by Gasteiger charge is -2.26. The molecule has 0 aromatic heterocycles. The second-order valence-corrected chi connectivity index (χ2v) is 5.26. The van der Waals surface area contributed by atoms with E-state index >= 15 is 0 Å². The van der Waals surface area contributed by atoms with Gasteiger partial charge in [-0.2, -0.15) is 0 Å². The summed E-state index contributed by atoms with van der Waals surface area (Å²) in [6.07, 6.45) is -0.823. The van der Waals surface area contributed by atoms with Gasteiger partial charge in [-0.25, -0.2) is 8.78 Å². The predicted molar refractivity (Wildman–Crippen MR) is 79.3 cm³/mol. The zero-order valence-corrected chi connectivity index (χ0v) is 12.4. The number of para-hydroxylation sites is 2. The van der Waals surface area contributed by atoms with Crippen LogP contribution in [0, 0.1) is 11.6 Å². The second kappa shape index (κ2) is 6.24. The third-order valence-corrected chi connectivity index (χ3v) is 3.59. The van der Waals surface area contributed by atoms with E-state index in [1.54, 1.807) is 25.1 Å².